The van der Waals surface area contributed by atoms with E-state index < -0.39 is 0 Å². The lowest BCUT2D eigenvalue weighted by Crippen LogP contribution is -2.48. The number of carbonyl (C=O) groups is 1. The zero-order valence-electron chi connectivity index (χ0n) is 19.5. The van der Waals surface area contributed by atoms with Gasteiger partial charge in [0.2, 0.25) is 0 Å². The highest BCUT2D eigenvalue weighted by molar-refractivity contribution is 5.94. The molecule has 1 N–H and O–H groups in total. The van der Waals surface area contributed by atoms with Crippen LogP contribution in [-0.2, 0) is 0 Å². The first-order chi connectivity index (χ1) is 17.2. The van der Waals surface area contributed by atoms with Crippen LogP contribution in [0.3, 0.4) is 0 Å². The highest BCUT2D eigenvalue weighted by Crippen LogP contribution is 2.19. The number of fused-ring (bicyclic) bond motifs is 1. The Bertz CT molecular complexity index is 1420. The second kappa shape index (κ2) is 9.76. The summed E-state index contributed by atoms with van der Waals surface area (Å²) in [6.07, 6.45) is 3.63. The van der Waals surface area contributed by atoms with Crippen LogP contribution in [0.25, 0.3) is 11.0 Å². The summed E-state index contributed by atoms with van der Waals surface area (Å²) < 4.78 is 1.66. The van der Waals surface area contributed by atoms with Gasteiger partial charge in [-0.05, 0) is 48.5 Å². The van der Waals surface area contributed by atoms with E-state index >= 15 is 0 Å². The molecule has 5 rings (SSSR count). The van der Waals surface area contributed by atoms with Crippen LogP contribution in [0.2, 0.25) is 0 Å². The average Bonchev–Trinajstić information content (AvgIpc) is 2.93. The van der Waals surface area contributed by atoms with Crippen LogP contribution < -0.4 is 15.7 Å². The predicted molar refractivity (Wildman–Crippen MR) is 138 cm³/mol. The molecular formula is C26H26N8O. The summed E-state index contributed by atoms with van der Waals surface area (Å²) in [5, 5.41) is 7.43. The number of aromatic nitrogens is 3. The number of benzene rings is 2. The average molecular weight is 467 g/mol. The Balaban J connectivity index is 1.31. The van der Waals surface area contributed by atoms with Crippen LogP contribution in [0, 0.1) is 0 Å². The highest BCUT2D eigenvalue weighted by atomic mass is 16.2. The van der Waals surface area contributed by atoms with E-state index in [-0.39, 0.29) is 5.91 Å². The minimum Gasteiger partial charge on any atom is -0.367 e. The van der Waals surface area contributed by atoms with E-state index in [4.69, 9.17) is 4.98 Å². The number of rotatable bonds is 5. The van der Waals surface area contributed by atoms with Gasteiger partial charge in [0.05, 0.1) is 22.9 Å². The maximum Gasteiger partial charge on any atom is 0.253 e. The van der Waals surface area contributed by atoms with E-state index in [1.165, 1.54) is 0 Å². The molecule has 0 radical (unpaired) electrons. The maximum atomic E-state index is 13.1. The summed E-state index contributed by atoms with van der Waals surface area (Å²) in [5.41, 5.74) is 4.69. The number of para-hydroxylation sites is 2. The van der Waals surface area contributed by atoms with Crippen LogP contribution in [0.15, 0.2) is 83.2 Å². The van der Waals surface area contributed by atoms with Crippen LogP contribution >= 0.6 is 0 Å². The van der Waals surface area contributed by atoms with Crippen molar-refractivity contribution in [2.45, 2.75) is 0 Å². The smallest absolute Gasteiger partial charge is 0.253 e. The lowest BCUT2D eigenvalue weighted by molar-refractivity contribution is 0.0747. The number of nitrogens with zero attached hydrogens (tertiary/aromatic N) is 7. The quantitative estimate of drug-likeness (QED) is 0.457. The summed E-state index contributed by atoms with van der Waals surface area (Å²) >= 11 is 0. The molecule has 3 heterocycles. The van der Waals surface area contributed by atoms with Gasteiger partial charge in [0.15, 0.2) is 11.3 Å². The molecule has 0 bridgehead atoms. The van der Waals surface area contributed by atoms with E-state index in [1.807, 2.05) is 71.8 Å². The monoisotopic (exact) mass is 466 g/mol. The number of amides is 1. The Morgan fingerprint density at radius 3 is 2.46 bits per heavy atom. The molecule has 1 saturated heterocycles. The Labute approximate surface area is 203 Å². The molecule has 1 amide bonds. The third-order valence-corrected chi connectivity index (χ3v) is 6.08. The lowest BCUT2D eigenvalue weighted by Gasteiger charge is -2.36. The molecule has 4 aromatic rings. The third-order valence-electron chi connectivity index (χ3n) is 6.08. The topological polar surface area (TPSA) is 91.0 Å². The van der Waals surface area contributed by atoms with E-state index in [2.05, 4.69) is 32.0 Å². The number of nitrogens with one attached hydrogen (secondary N) is 1. The Kier molecular flexibility index (Phi) is 6.21. The molecule has 1 aliphatic heterocycles. The second-order valence-electron chi connectivity index (χ2n) is 8.14. The molecule has 0 aliphatic carbocycles. The summed E-state index contributed by atoms with van der Waals surface area (Å²) in [5.74, 6) is 0.591. The first-order valence-corrected chi connectivity index (χ1v) is 11.4. The van der Waals surface area contributed by atoms with Gasteiger partial charge < -0.3 is 15.1 Å². The number of hydrogen-bond donors (Lipinski definition) is 1. The molecular weight excluding hydrogens is 440 g/mol. The van der Waals surface area contributed by atoms with Gasteiger partial charge in [-0.3, -0.25) is 14.8 Å². The fraction of sp³-hybridized carbons (Fsp3) is 0.192. The van der Waals surface area contributed by atoms with Crippen molar-refractivity contribution in [2.24, 2.45) is 10.1 Å². The molecule has 0 atom stereocenters. The van der Waals surface area contributed by atoms with Gasteiger partial charge >= 0.3 is 0 Å². The summed E-state index contributed by atoms with van der Waals surface area (Å²) in [7, 11) is 1.69. The van der Waals surface area contributed by atoms with Crippen LogP contribution in [-0.4, -0.2) is 65.4 Å². The van der Waals surface area contributed by atoms with Gasteiger partial charge in [-0.2, -0.15) is 5.10 Å². The molecule has 0 unspecified atom stereocenters. The summed E-state index contributed by atoms with van der Waals surface area (Å²) in [6.45, 7) is 6.59. The first kappa shape index (κ1) is 22.3. The van der Waals surface area contributed by atoms with E-state index in [9.17, 15) is 4.79 Å². The molecule has 176 valence electrons. The van der Waals surface area contributed by atoms with Crippen molar-refractivity contribution in [2.75, 3.05) is 43.4 Å². The van der Waals surface area contributed by atoms with E-state index in [1.54, 1.807) is 17.9 Å². The number of anilines is 3. The zero-order chi connectivity index (χ0) is 24.2. The van der Waals surface area contributed by atoms with Gasteiger partial charge in [-0.1, -0.05) is 12.1 Å². The lowest BCUT2D eigenvalue weighted by atomic mass is 10.1. The zero-order valence-corrected chi connectivity index (χ0v) is 19.5. The molecule has 2 aromatic heterocycles. The van der Waals surface area contributed by atoms with Gasteiger partial charge in [-0.15, -0.1) is 0 Å². The predicted octanol–water partition coefficient (Wildman–Crippen LogP) is 3.13. The third kappa shape index (κ3) is 4.48. The molecule has 9 nitrogen and oxygen atoms in total. The standard InChI is InChI=1S/C26H26N8O/c1-27-25-24(31-22-7-3-4-8-23(22)34(25)28-2)30-20-11-9-19(10-12-20)26(35)33-16-14-32(15-17-33)21-6-5-13-29-18-21/h3-13,18H,2,14-17H2,1H3,(H,30,31). The van der Waals surface area contributed by atoms with Crippen LogP contribution in [0.5, 0.6) is 0 Å². The van der Waals surface area contributed by atoms with Crippen molar-refractivity contribution in [1.29, 1.82) is 0 Å². The Morgan fingerprint density at radius 1 is 1.00 bits per heavy atom. The highest BCUT2D eigenvalue weighted by Gasteiger charge is 2.22. The largest absolute Gasteiger partial charge is 0.367 e. The van der Waals surface area contributed by atoms with Gasteiger partial charge in [-0.25, -0.2) is 9.66 Å². The molecule has 1 fully saturated rings. The first-order valence-electron chi connectivity index (χ1n) is 11.4. The minimum atomic E-state index is 0.0316. The normalized spacial score (nSPS) is 14.3. The number of pyridine rings is 1. The maximum absolute atomic E-state index is 13.1. The van der Waals surface area contributed by atoms with Crippen molar-refractivity contribution in [1.82, 2.24) is 19.5 Å². The number of carbonyl (C=O) groups excluding carboxylic acids is 1. The fourth-order valence-corrected chi connectivity index (χ4v) is 4.27. The molecule has 0 spiro atoms. The fourth-order valence-electron chi connectivity index (χ4n) is 4.27. The van der Waals surface area contributed by atoms with Crippen molar-refractivity contribution in [3.63, 3.8) is 0 Å². The van der Waals surface area contributed by atoms with E-state index in [0.717, 1.165) is 35.5 Å². The van der Waals surface area contributed by atoms with Gasteiger partial charge in [0.1, 0.15) is 0 Å². The van der Waals surface area contributed by atoms with Crippen molar-refractivity contribution < 1.29 is 4.79 Å². The second-order valence-corrected chi connectivity index (χ2v) is 8.14. The van der Waals surface area contributed by atoms with Crippen molar-refractivity contribution >= 4 is 40.9 Å². The molecule has 0 saturated carbocycles. The van der Waals surface area contributed by atoms with Crippen molar-refractivity contribution in [3.05, 3.63) is 84.1 Å². The van der Waals surface area contributed by atoms with E-state index in [0.29, 0.717) is 30.0 Å². The Hall–Kier alpha value is -4.53. The van der Waals surface area contributed by atoms with Gasteiger partial charge in [0.25, 0.3) is 5.91 Å². The van der Waals surface area contributed by atoms with Gasteiger partial charge in [0, 0.05) is 57.4 Å². The number of piperazine rings is 1. The summed E-state index contributed by atoms with van der Waals surface area (Å²) in [4.78, 5) is 30.5. The SMILES string of the molecule is C=Nn1c(=NC)c(Nc2ccc(C(=O)N3CCN(c4cccnc4)CC3)cc2)nc2ccccc21. The molecule has 35 heavy (non-hydrogen) atoms. The summed E-state index contributed by atoms with van der Waals surface area (Å²) in [6, 6.07) is 19.1. The molecule has 9 heteroatoms. The number of hydrogen-bond acceptors (Lipinski definition) is 7. The minimum absolute atomic E-state index is 0.0316. The molecule has 1 aliphatic rings. The Morgan fingerprint density at radius 2 is 1.77 bits per heavy atom. The van der Waals surface area contributed by atoms with Crippen LogP contribution in [0.4, 0.5) is 17.2 Å². The van der Waals surface area contributed by atoms with Crippen LogP contribution in [0.1, 0.15) is 10.4 Å². The van der Waals surface area contributed by atoms with Crippen molar-refractivity contribution in [3.8, 4) is 0 Å². The molecule has 2 aromatic carbocycles.